The van der Waals surface area contributed by atoms with Crippen molar-refractivity contribution in [1.29, 1.82) is 0 Å². The first kappa shape index (κ1) is 10.3. The van der Waals surface area contributed by atoms with Gasteiger partial charge in [0.1, 0.15) is 0 Å². The first-order chi connectivity index (χ1) is 6.15. The summed E-state index contributed by atoms with van der Waals surface area (Å²) < 4.78 is 33.2. The highest BCUT2D eigenvalue weighted by atomic mass is 32.2. The van der Waals surface area contributed by atoms with Gasteiger partial charge in [0.25, 0.3) is 0 Å². The highest BCUT2D eigenvalue weighted by molar-refractivity contribution is 7.79. The summed E-state index contributed by atoms with van der Waals surface area (Å²) in [6.07, 6.45) is 0. The molecule has 2 atom stereocenters. The molecule has 13 heavy (non-hydrogen) atoms. The van der Waals surface area contributed by atoms with Gasteiger partial charge in [0.05, 0.1) is 6.67 Å². The molecule has 72 valence electrons. The Morgan fingerprint density at radius 1 is 1.46 bits per heavy atom. The van der Waals surface area contributed by atoms with E-state index >= 15 is 0 Å². The van der Waals surface area contributed by atoms with Gasteiger partial charge >= 0.3 is 0 Å². The second-order valence-electron chi connectivity index (χ2n) is 2.86. The molecule has 0 bridgehead atoms. The second-order valence-corrected chi connectivity index (χ2v) is 3.80. The largest absolute Gasteiger partial charge is 0.768 e. The Bertz CT molecular complexity index is 297. The molecular formula is C9H10FO2S-. The quantitative estimate of drug-likeness (QED) is 0.702. The molecule has 1 aromatic rings. The van der Waals surface area contributed by atoms with Gasteiger partial charge in [-0.1, -0.05) is 19.1 Å². The third kappa shape index (κ3) is 2.60. The molecule has 0 saturated carbocycles. The number of rotatable bonds is 3. The van der Waals surface area contributed by atoms with Gasteiger partial charge in [-0.25, -0.2) is 0 Å². The summed E-state index contributed by atoms with van der Waals surface area (Å²) in [6.45, 7) is 1.32. The predicted molar refractivity (Wildman–Crippen MR) is 48.0 cm³/mol. The van der Waals surface area contributed by atoms with Crippen LogP contribution in [0.2, 0.25) is 0 Å². The van der Waals surface area contributed by atoms with Gasteiger partial charge in [-0.3, -0.25) is 8.60 Å². The summed E-state index contributed by atoms with van der Waals surface area (Å²) in [4.78, 5) is 0.231. The molecule has 0 radical (unpaired) electrons. The van der Waals surface area contributed by atoms with E-state index in [1.165, 1.54) is 12.1 Å². The van der Waals surface area contributed by atoms with Crippen molar-refractivity contribution in [2.45, 2.75) is 17.7 Å². The van der Waals surface area contributed by atoms with Crippen molar-refractivity contribution in [3.8, 4) is 0 Å². The monoisotopic (exact) mass is 201 g/mol. The molecule has 0 N–H and O–H groups in total. The lowest BCUT2D eigenvalue weighted by Gasteiger charge is -2.09. The minimum Gasteiger partial charge on any atom is -0.768 e. The van der Waals surface area contributed by atoms with Gasteiger partial charge in [-0.2, -0.15) is 0 Å². The molecule has 1 unspecified atom stereocenters. The summed E-state index contributed by atoms with van der Waals surface area (Å²) in [5.41, 5.74) is 0.816. The van der Waals surface area contributed by atoms with Crippen LogP contribution in [0.15, 0.2) is 29.2 Å². The molecule has 1 aromatic carbocycles. The lowest BCUT2D eigenvalue weighted by Crippen LogP contribution is -1.96. The van der Waals surface area contributed by atoms with Crippen molar-refractivity contribution in [1.82, 2.24) is 0 Å². The fraction of sp³-hybridized carbons (Fsp3) is 0.333. The van der Waals surface area contributed by atoms with Crippen molar-refractivity contribution in [2.24, 2.45) is 0 Å². The third-order valence-corrected chi connectivity index (χ3v) is 2.53. The van der Waals surface area contributed by atoms with Gasteiger partial charge in [0, 0.05) is 10.8 Å². The van der Waals surface area contributed by atoms with Gasteiger partial charge in [0.2, 0.25) is 0 Å². The van der Waals surface area contributed by atoms with E-state index in [1.54, 1.807) is 19.1 Å². The van der Waals surface area contributed by atoms with Crippen molar-refractivity contribution in [3.05, 3.63) is 29.8 Å². The minimum absolute atomic E-state index is 0.172. The van der Waals surface area contributed by atoms with E-state index in [-0.39, 0.29) is 10.8 Å². The Balaban J connectivity index is 2.87. The third-order valence-electron chi connectivity index (χ3n) is 1.87. The molecule has 0 saturated heterocycles. The standard InChI is InChI=1S/C9H11FO2S/c1-7(6-10)8-2-4-9(5-3-8)13(11)12/h2-5,7H,6H2,1H3,(H,11,12)/p-1/t7-/m0/s1. The second kappa shape index (κ2) is 4.48. The molecule has 0 aliphatic carbocycles. The van der Waals surface area contributed by atoms with Gasteiger partial charge < -0.3 is 4.55 Å². The van der Waals surface area contributed by atoms with Crippen LogP contribution >= 0.6 is 0 Å². The minimum atomic E-state index is -2.20. The van der Waals surface area contributed by atoms with Crippen LogP contribution in [0.1, 0.15) is 18.4 Å². The molecule has 0 amide bonds. The van der Waals surface area contributed by atoms with Crippen LogP contribution in [0.3, 0.4) is 0 Å². The van der Waals surface area contributed by atoms with Crippen molar-refractivity contribution < 1.29 is 13.2 Å². The number of benzene rings is 1. The van der Waals surface area contributed by atoms with Crippen LogP contribution in [0.4, 0.5) is 4.39 Å². The maximum Gasteiger partial charge on any atom is 0.0960 e. The molecule has 0 aliphatic heterocycles. The molecule has 0 fully saturated rings. The van der Waals surface area contributed by atoms with Gasteiger partial charge in [-0.05, 0) is 28.8 Å². The van der Waals surface area contributed by atoms with E-state index < -0.39 is 17.8 Å². The maximum absolute atomic E-state index is 12.2. The zero-order valence-electron chi connectivity index (χ0n) is 7.20. The van der Waals surface area contributed by atoms with Crippen LogP contribution in [-0.4, -0.2) is 15.4 Å². The molecule has 1 rings (SSSR count). The number of alkyl halides is 1. The van der Waals surface area contributed by atoms with E-state index in [4.69, 9.17) is 0 Å². The first-order valence-corrected chi connectivity index (χ1v) is 4.98. The topological polar surface area (TPSA) is 40.1 Å². The Morgan fingerprint density at radius 2 is 2.00 bits per heavy atom. The molecule has 4 heteroatoms. The number of hydrogen-bond donors (Lipinski definition) is 0. The maximum atomic E-state index is 12.2. The van der Waals surface area contributed by atoms with Crippen LogP contribution in [0, 0.1) is 0 Å². The highest BCUT2D eigenvalue weighted by Crippen LogP contribution is 2.17. The van der Waals surface area contributed by atoms with Gasteiger partial charge in [-0.15, -0.1) is 0 Å². The zero-order chi connectivity index (χ0) is 9.84. The van der Waals surface area contributed by atoms with E-state index in [0.29, 0.717) is 0 Å². The average molecular weight is 201 g/mol. The SMILES string of the molecule is C[C@@H](CF)c1ccc(S(=O)[O-])cc1. The van der Waals surface area contributed by atoms with Crippen molar-refractivity contribution in [3.63, 3.8) is 0 Å². The van der Waals surface area contributed by atoms with E-state index in [1.807, 2.05) is 0 Å². The fourth-order valence-corrected chi connectivity index (χ4v) is 1.35. The predicted octanol–water partition coefficient (Wildman–Crippen LogP) is 2.00. The van der Waals surface area contributed by atoms with Gasteiger partial charge in [0.15, 0.2) is 0 Å². The van der Waals surface area contributed by atoms with E-state index in [9.17, 15) is 13.2 Å². The highest BCUT2D eigenvalue weighted by Gasteiger charge is 2.03. The smallest absolute Gasteiger partial charge is 0.0960 e. The lowest BCUT2D eigenvalue weighted by molar-refractivity contribution is 0.447. The Morgan fingerprint density at radius 3 is 2.38 bits per heavy atom. The van der Waals surface area contributed by atoms with E-state index in [0.717, 1.165) is 5.56 Å². The summed E-state index contributed by atoms with van der Waals surface area (Å²) in [7, 11) is 0. The van der Waals surface area contributed by atoms with E-state index in [2.05, 4.69) is 0 Å². The van der Waals surface area contributed by atoms with Crippen LogP contribution in [-0.2, 0) is 11.1 Å². The van der Waals surface area contributed by atoms with Crippen LogP contribution in [0.5, 0.6) is 0 Å². The molecule has 0 aliphatic rings. The first-order valence-electron chi connectivity index (χ1n) is 3.90. The lowest BCUT2D eigenvalue weighted by atomic mass is 10.0. The average Bonchev–Trinajstić information content (AvgIpc) is 2.17. The normalized spacial score (nSPS) is 15.3. The summed E-state index contributed by atoms with van der Waals surface area (Å²) in [5, 5.41) is 0. The number of hydrogen-bond acceptors (Lipinski definition) is 2. The zero-order valence-corrected chi connectivity index (χ0v) is 8.01. The molecule has 2 nitrogen and oxygen atoms in total. The fourth-order valence-electron chi connectivity index (χ4n) is 0.997. The van der Waals surface area contributed by atoms with Crippen molar-refractivity contribution in [2.75, 3.05) is 6.67 Å². The summed E-state index contributed by atoms with van der Waals surface area (Å²) >= 11 is -2.20. The summed E-state index contributed by atoms with van der Waals surface area (Å²) in [6, 6.07) is 6.22. The molecule has 0 spiro atoms. The molecule has 0 aromatic heterocycles. The number of halogens is 1. The molecular weight excluding hydrogens is 191 g/mol. The Labute approximate surface area is 79.1 Å². The summed E-state index contributed by atoms with van der Waals surface area (Å²) in [5.74, 6) is -0.172. The van der Waals surface area contributed by atoms with Crippen LogP contribution < -0.4 is 0 Å². The van der Waals surface area contributed by atoms with Crippen LogP contribution in [0.25, 0.3) is 0 Å². The molecule has 0 heterocycles. The van der Waals surface area contributed by atoms with Crippen molar-refractivity contribution >= 4 is 11.1 Å². The Hall–Kier alpha value is -0.740. The Kier molecular flexibility index (Phi) is 3.57.